The Labute approximate surface area is 226 Å². The summed E-state index contributed by atoms with van der Waals surface area (Å²) in [6.07, 6.45) is 1.49. The summed E-state index contributed by atoms with van der Waals surface area (Å²) in [5.41, 5.74) is 2.12. The zero-order chi connectivity index (χ0) is 27.1. The fourth-order valence-corrected chi connectivity index (χ4v) is 8.77. The standard InChI is InChI=1S/C29H41N3O5Si/c1-20-26(36-2)23-18-22(10-11-24(23)37-27(20)25(12-17-33)38(3,4)35)31-19-32(21-8-6-5-7-9-21)29(28(31)34)13-15-30-16-14-29/h5-11,18,20,25-27,30,33,35H,12-17,19H2,1-4H3/t20-,25?,26-,27-/m1/s1. The van der Waals surface area contributed by atoms with Crippen molar-refractivity contribution in [1.29, 1.82) is 0 Å². The van der Waals surface area contributed by atoms with Crippen LogP contribution >= 0.6 is 0 Å². The largest absolute Gasteiger partial charge is 0.490 e. The monoisotopic (exact) mass is 539 g/mol. The van der Waals surface area contributed by atoms with E-state index in [9.17, 15) is 14.7 Å². The highest BCUT2D eigenvalue weighted by atomic mass is 28.4. The van der Waals surface area contributed by atoms with Gasteiger partial charge >= 0.3 is 0 Å². The Balaban J connectivity index is 1.49. The molecule has 0 radical (unpaired) electrons. The van der Waals surface area contributed by atoms with Crippen molar-refractivity contribution in [2.75, 3.05) is 43.3 Å². The van der Waals surface area contributed by atoms with E-state index in [1.54, 1.807) is 7.11 Å². The molecule has 4 atom stereocenters. The van der Waals surface area contributed by atoms with Gasteiger partial charge in [0.25, 0.3) is 5.91 Å². The number of fused-ring (bicyclic) bond motifs is 1. The number of aliphatic hydroxyl groups is 1. The van der Waals surface area contributed by atoms with E-state index in [0.717, 1.165) is 42.9 Å². The summed E-state index contributed by atoms with van der Waals surface area (Å²) in [4.78, 5) is 29.3. The van der Waals surface area contributed by atoms with E-state index >= 15 is 0 Å². The maximum atomic E-state index is 14.1. The van der Waals surface area contributed by atoms with Gasteiger partial charge < -0.3 is 29.6 Å². The van der Waals surface area contributed by atoms with E-state index in [1.165, 1.54) is 0 Å². The number of nitrogens with one attached hydrogen (secondary N) is 1. The SMILES string of the molecule is CO[C@H]1c2cc(N3CN(c4ccccc4)C4(CCNCC4)C3=O)ccc2O[C@@H](C(CCO)[Si](C)(C)O)[C@@H]1C. The minimum Gasteiger partial charge on any atom is -0.490 e. The zero-order valence-electron chi connectivity index (χ0n) is 22.9. The summed E-state index contributed by atoms with van der Waals surface area (Å²) in [5, 5.41) is 13.1. The van der Waals surface area contributed by atoms with Crippen LogP contribution in [-0.2, 0) is 9.53 Å². The summed E-state index contributed by atoms with van der Waals surface area (Å²) >= 11 is 0. The van der Waals surface area contributed by atoms with Gasteiger partial charge in [-0.25, -0.2) is 0 Å². The molecule has 0 aromatic heterocycles. The first-order valence-corrected chi connectivity index (χ1v) is 16.8. The third-order valence-electron chi connectivity index (χ3n) is 8.81. The predicted octanol–water partition coefficient (Wildman–Crippen LogP) is 3.65. The number of aliphatic hydroxyl groups excluding tert-OH is 1. The highest BCUT2D eigenvalue weighted by Gasteiger charge is 2.53. The molecule has 5 rings (SSSR count). The Morgan fingerprint density at radius 1 is 1.16 bits per heavy atom. The Hall–Kier alpha value is -2.43. The Bertz CT molecular complexity index is 1130. The lowest BCUT2D eigenvalue weighted by atomic mass is 9.85. The molecule has 9 heteroatoms. The van der Waals surface area contributed by atoms with Gasteiger partial charge in [-0.1, -0.05) is 25.1 Å². The molecule has 0 saturated carbocycles. The van der Waals surface area contributed by atoms with Crippen molar-refractivity contribution in [3.8, 4) is 5.75 Å². The lowest BCUT2D eigenvalue weighted by Crippen LogP contribution is -2.55. The number of hydrogen-bond acceptors (Lipinski definition) is 7. The molecule has 3 N–H and O–H groups in total. The number of nitrogens with zero attached hydrogens (tertiary/aromatic N) is 2. The fourth-order valence-electron chi connectivity index (χ4n) is 6.76. The number of para-hydroxylation sites is 1. The van der Waals surface area contributed by atoms with Gasteiger partial charge in [0.2, 0.25) is 0 Å². The van der Waals surface area contributed by atoms with Gasteiger partial charge in [0.05, 0.1) is 12.8 Å². The van der Waals surface area contributed by atoms with Crippen molar-refractivity contribution in [2.24, 2.45) is 5.92 Å². The molecule has 1 unspecified atom stereocenters. The molecule has 1 spiro atoms. The van der Waals surface area contributed by atoms with Gasteiger partial charge in [-0.15, -0.1) is 0 Å². The van der Waals surface area contributed by atoms with Crippen LogP contribution in [0, 0.1) is 5.92 Å². The summed E-state index contributed by atoms with van der Waals surface area (Å²) in [5.74, 6) is 0.813. The van der Waals surface area contributed by atoms with Gasteiger partial charge in [0.15, 0.2) is 8.32 Å². The summed E-state index contributed by atoms with van der Waals surface area (Å²) < 4.78 is 12.5. The summed E-state index contributed by atoms with van der Waals surface area (Å²) in [7, 11) is -0.909. The minimum atomic E-state index is -2.61. The number of carbonyl (C=O) groups is 1. The summed E-state index contributed by atoms with van der Waals surface area (Å²) in [6.45, 7) is 8.00. The van der Waals surface area contributed by atoms with Crippen molar-refractivity contribution in [3.05, 3.63) is 54.1 Å². The number of ether oxygens (including phenoxy) is 2. The topological polar surface area (TPSA) is 94.5 Å². The number of piperidine rings is 1. The van der Waals surface area contributed by atoms with E-state index in [-0.39, 0.29) is 36.2 Å². The van der Waals surface area contributed by atoms with Gasteiger partial charge in [0, 0.05) is 42.1 Å². The lowest BCUT2D eigenvalue weighted by Gasteiger charge is -2.43. The number of hydrogen-bond donors (Lipinski definition) is 3. The minimum absolute atomic E-state index is 0.00391. The molecule has 2 aromatic rings. The molecular formula is C29H41N3O5Si. The maximum Gasteiger partial charge on any atom is 0.254 e. The number of amides is 1. The molecule has 2 fully saturated rings. The van der Waals surface area contributed by atoms with Gasteiger partial charge in [0.1, 0.15) is 17.4 Å². The van der Waals surface area contributed by atoms with Crippen molar-refractivity contribution < 1.29 is 24.2 Å². The van der Waals surface area contributed by atoms with Gasteiger partial charge in [-0.2, -0.15) is 0 Å². The number of anilines is 2. The Kier molecular flexibility index (Phi) is 7.58. The predicted molar refractivity (Wildman–Crippen MR) is 151 cm³/mol. The van der Waals surface area contributed by atoms with Crippen LogP contribution in [-0.4, -0.2) is 69.2 Å². The van der Waals surface area contributed by atoms with E-state index in [2.05, 4.69) is 29.3 Å². The molecular weight excluding hydrogens is 498 g/mol. The first kappa shape index (κ1) is 27.1. The molecule has 2 aromatic carbocycles. The molecule has 2 saturated heterocycles. The summed E-state index contributed by atoms with van der Waals surface area (Å²) in [6, 6.07) is 16.2. The molecule has 3 aliphatic heterocycles. The van der Waals surface area contributed by atoms with Crippen LogP contribution in [0.5, 0.6) is 5.75 Å². The molecule has 3 heterocycles. The van der Waals surface area contributed by atoms with Crippen LogP contribution in [0.4, 0.5) is 11.4 Å². The number of benzene rings is 2. The highest BCUT2D eigenvalue weighted by Crippen LogP contribution is 2.48. The molecule has 0 aliphatic carbocycles. The lowest BCUT2D eigenvalue weighted by molar-refractivity contribution is -0.122. The first-order chi connectivity index (χ1) is 18.2. The van der Waals surface area contributed by atoms with E-state index in [4.69, 9.17) is 9.47 Å². The normalized spacial score (nSPS) is 25.8. The van der Waals surface area contributed by atoms with Crippen LogP contribution in [0.2, 0.25) is 18.6 Å². The molecule has 8 nitrogen and oxygen atoms in total. The highest BCUT2D eigenvalue weighted by molar-refractivity contribution is 6.71. The third kappa shape index (κ3) is 4.64. The van der Waals surface area contributed by atoms with Crippen molar-refractivity contribution >= 4 is 25.6 Å². The number of methoxy groups -OCH3 is 1. The molecule has 3 aliphatic rings. The second-order valence-corrected chi connectivity index (χ2v) is 15.6. The molecule has 1 amide bonds. The maximum absolute atomic E-state index is 14.1. The second kappa shape index (κ2) is 10.6. The zero-order valence-corrected chi connectivity index (χ0v) is 23.9. The Morgan fingerprint density at radius 2 is 1.87 bits per heavy atom. The third-order valence-corrected chi connectivity index (χ3v) is 11.2. The quantitative estimate of drug-likeness (QED) is 0.463. The fraction of sp³-hybridized carbons (Fsp3) is 0.552. The van der Waals surface area contributed by atoms with Crippen LogP contribution in [0.3, 0.4) is 0 Å². The second-order valence-electron chi connectivity index (χ2n) is 11.5. The first-order valence-electron chi connectivity index (χ1n) is 13.7. The average Bonchev–Trinajstić information content (AvgIpc) is 3.18. The average molecular weight is 540 g/mol. The van der Waals surface area contributed by atoms with E-state index in [1.807, 2.05) is 54.4 Å². The van der Waals surface area contributed by atoms with Gasteiger partial charge in [-0.05, 0) is 75.8 Å². The molecule has 206 valence electrons. The smallest absolute Gasteiger partial charge is 0.254 e. The van der Waals surface area contributed by atoms with Crippen LogP contribution in [0.1, 0.15) is 37.9 Å². The molecule has 0 bridgehead atoms. The van der Waals surface area contributed by atoms with Crippen molar-refractivity contribution in [3.63, 3.8) is 0 Å². The Morgan fingerprint density at radius 3 is 2.50 bits per heavy atom. The van der Waals surface area contributed by atoms with Crippen LogP contribution in [0.15, 0.2) is 48.5 Å². The van der Waals surface area contributed by atoms with Crippen molar-refractivity contribution in [1.82, 2.24) is 5.32 Å². The number of rotatable bonds is 7. The molecule has 38 heavy (non-hydrogen) atoms. The van der Waals surface area contributed by atoms with Crippen molar-refractivity contribution in [2.45, 2.75) is 62.6 Å². The van der Waals surface area contributed by atoms with E-state index in [0.29, 0.717) is 18.8 Å². The van der Waals surface area contributed by atoms with Gasteiger partial charge in [-0.3, -0.25) is 9.69 Å². The van der Waals surface area contributed by atoms with E-state index < -0.39 is 13.9 Å². The van der Waals surface area contributed by atoms with Crippen LogP contribution < -0.4 is 19.9 Å². The number of carbonyl (C=O) groups excluding carboxylic acids is 1. The van der Waals surface area contributed by atoms with Crippen LogP contribution in [0.25, 0.3) is 0 Å².